The van der Waals surface area contributed by atoms with Crippen molar-refractivity contribution >= 4 is 0 Å². The molecule has 6 atom stereocenters. The lowest BCUT2D eigenvalue weighted by Crippen LogP contribution is -2.52. The van der Waals surface area contributed by atoms with E-state index in [1.807, 2.05) is 36.4 Å². The van der Waals surface area contributed by atoms with Gasteiger partial charge in [-0.15, -0.1) is 0 Å². The number of ether oxygens (including phenoxy) is 3. The van der Waals surface area contributed by atoms with Gasteiger partial charge < -0.3 is 19.3 Å². The minimum Gasteiger partial charge on any atom is -0.388 e. The lowest BCUT2D eigenvalue weighted by molar-refractivity contribution is -0.269. The second kappa shape index (κ2) is 7.03. The number of benzene rings is 2. The fraction of sp³-hybridized carbons (Fsp3) is 0.364. The van der Waals surface area contributed by atoms with Crippen LogP contribution in [0.15, 0.2) is 70.3 Å². The Morgan fingerprint density at radius 2 is 1.58 bits per heavy atom. The van der Waals surface area contributed by atoms with Crippen LogP contribution in [0.1, 0.15) is 17.9 Å². The molecule has 0 amide bonds. The van der Waals surface area contributed by atoms with Gasteiger partial charge >= 0.3 is 11.4 Å². The normalized spacial score (nSPS) is 31.6. The summed E-state index contributed by atoms with van der Waals surface area (Å²) in [6.07, 6.45) is -2.92. The molecular formula is C22H21N3O6. The Hall–Kier alpha value is -2.98. The van der Waals surface area contributed by atoms with Crippen LogP contribution < -0.4 is 11.4 Å². The van der Waals surface area contributed by atoms with E-state index >= 15 is 0 Å². The standard InChI is InChI=1S/C22H21N3O6/c26-15-12-29-20(13-7-3-1-4-8-13)31-18(15)17-19-16(30-19)11-23-21(27)24(22(28)25(17)23)14-9-5-2-6-10-14/h1-10,15-20,26H,11-12H2/t15-,16-,17-,18-,19-,20-/m1/s1. The highest BCUT2D eigenvalue weighted by molar-refractivity contribution is 5.30. The SMILES string of the molecule is O=c1n(-c2ccccc2)c(=O)n2n1C[C@H]1O[C@H]1[C@H]2[C@@H]1O[C@H](c2ccccc2)OC[C@H]1O. The number of epoxide rings is 1. The number of aliphatic hydroxyl groups is 1. The Kier molecular flexibility index (Phi) is 4.25. The lowest BCUT2D eigenvalue weighted by Gasteiger charge is -2.39. The van der Waals surface area contributed by atoms with Gasteiger partial charge in [-0.2, -0.15) is 0 Å². The molecule has 0 saturated carbocycles. The highest BCUT2D eigenvalue weighted by Gasteiger charge is 2.57. The minimum absolute atomic E-state index is 0.0521. The van der Waals surface area contributed by atoms with Crippen molar-refractivity contribution in [1.29, 1.82) is 0 Å². The van der Waals surface area contributed by atoms with Crippen molar-refractivity contribution in [1.82, 2.24) is 13.9 Å². The maximum atomic E-state index is 13.4. The summed E-state index contributed by atoms with van der Waals surface area (Å²) in [5.74, 6) is 0. The number of rotatable bonds is 3. The van der Waals surface area contributed by atoms with E-state index in [1.54, 1.807) is 24.3 Å². The third kappa shape index (κ3) is 2.93. The fourth-order valence-electron chi connectivity index (χ4n) is 4.63. The minimum atomic E-state index is -0.969. The topological polar surface area (TPSA) is 100 Å². The van der Waals surface area contributed by atoms with E-state index in [0.29, 0.717) is 5.69 Å². The predicted octanol–water partition coefficient (Wildman–Crippen LogP) is 0.598. The Morgan fingerprint density at radius 1 is 0.871 bits per heavy atom. The maximum absolute atomic E-state index is 13.4. The molecule has 3 aromatic rings. The van der Waals surface area contributed by atoms with Crippen molar-refractivity contribution in [2.45, 2.75) is 43.3 Å². The molecule has 2 fully saturated rings. The van der Waals surface area contributed by atoms with Crippen LogP contribution in [-0.4, -0.2) is 50.1 Å². The van der Waals surface area contributed by atoms with Gasteiger partial charge in [0.1, 0.15) is 30.5 Å². The summed E-state index contributed by atoms with van der Waals surface area (Å²) in [6.45, 7) is 0.340. The molecule has 3 aliphatic heterocycles. The van der Waals surface area contributed by atoms with Gasteiger partial charge in [0.25, 0.3) is 0 Å². The molecule has 1 N–H and O–H groups in total. The molecule has 2 saturated heterocycles. The Labute approximate surface area is 176 Å². The van der Waals surface area contributed by atoms with Crippen molar-refractivity contribution in [3.63, 3.8) is 0 Å². The van der Waals surface area contributed by atoms with Crippen molar-refractivity contribution in [2.24, 2.45) is 0 Å². The Balaban J connectivity index is 1.43. The number of fused-ring (bicyclic) bond motifs is 2. The predicted molar refractivity (Wildman–Crippen MR) is 108 cm³/mol. The molecule has 0 unspecified atom stereocenters. The zero-order valence-electron chi connectivity index (χ0n) is 16.5. The molecule has 9 nitrogen and oxygen atoms in total. The molecule has 3 aliphatic rings. The van der Waals surface area contributed by atoms with Gasteiger partial charge in [-0.25, -0.2) is 23.5 Å². The zero-order chi connectivity index (χ0) is 21.1. The maximum Gasteiger partial charge on any atom is 0.352 e. The number of para-hydroxylation sites is 1. The second-order valence-corrected chi connectivity index (χ2v) is 8.04. The van der Waals surface area contributed by atoms with Crippen molar-refractivity contribution in [3.05, 3.63) is 87.2 Å². The van der Waals surface area contributed by atoms with Crippen molar-refractivity contribution in [3.8, 4) is 5.69 Å². The van der Waals surface area contributed by atoms with Gasteiger partial charge in [-0.3, -0.25) is 0 Å². The van der Waals surface area contributed by atoms with E-state index in [2.05, 4.69) is 0 Å². The van der Waals surface area contributed by atoms with Gasteiger partial charge in [0.15, 0.2) is 6.29 Å². The summed E-state index contributed by atoms with van der Waals surface area (Å²) >= 11 is 0. The number of hydrogen-bond acceptors (Lipinski definition) is 6. The van der Waals surface area contributed by atoms with Gasteiger partial charge in [-0.05, 0) is 12.1 Å². The van der Waals surface area contributed by atoms with E-state index < -0.39 is 35.9 Å². The van der Waals surface area contributed by atoms with Gasteiger partial charge in [0, 0.05) is 5.56 Å². The van der Waals surface area contributed by atoms with Crippen LogP contribution in [0, 0.1) is 0 Å². The number of aliphatic hydroxyl groups excluding tert-OH is 1. The van der Waals surface area contributed by atoms with Crippen LogP contribution in [0.4, 0.5) is 0 Å². The first-order valence-corrected chi connectivity index (χ1v) is 10.3. The number of hydrogen-bond donors (Lipinski definition) is 1. The van der Waals surface area contributed by atoms with E-state index in [1.165, 1.54) is 9.36 Å². The smallest absolute Gasteiger partial charge is 0.352 e. The van der Waals surface area contributed by atoms with Gasteiger partial charge in [-0.1, -0.05) is 48.5 Å². The average Bonchev–Trinajstić information content (AvgIpc) is 3.54. The summed E-state index contributed by atoms with van der Waals surface area (Å²) in [5.41, 5.74) is 0.399. The van der Waals surface area contributed by atoms with Crippen LogP contribution in [0.2, 0.25) is 0 Å². The first-order chi connectivity index (χ1) is 15.1. The van der Waals surface area contributed by atoms with E-state index in [4.69, 9.17) is 14.2 Å². The summed E-state index contributed by atoms with van der Waals surface area (Å²) in [5, 5.41) is 10.7. The third-order valence-electron chi connectivity index (χ3n) is 6.15. The van der Waals surface area contributed by atoms with E-state index in [0.717, 1.165) is 10.1 Å². The van der Waals surface area contributed by atoms with E-state index in [9.17, 15) is 14.7 Å². The number of nitrogens with zero attached hydrogens (tertiary/aromatic N) is 3. The first-order valence-electron chi connectivity index (χ1n) is 10.3. The third-order valence-corrected chi connectivity index (χ3v) is 6.15. The summed E-state index contributed by atoms with van der Waals surface area (Å²) in [4.78, 5) is 26.5. The molecule has 1 aromatic heterocycles. The molecule has 9 heteroatoms. The molecule has 160 valence electrons. The van der Waals surface area contributed by atoms with Crippen LogP contribution in [-0.2, 0) is 20.8 Å². The largest absolute Gasteiger partial charge is 0.388 e. The monoisotopic (exact) mass is 423 g/mol. The highest BCUT2D eigenvalue weighted by atomic mass is 16.7. The summed E-state index contributed by atoms with van der Waals surface area (Å²) < 4.78 is 21.6. The lowest BCUT2D eigenvalue weighted by atomic mass is 9.98. The second-order valence-electron chi connectivity index (χ2n) is 8.04. The Bertz CT molecular complexity index is 1220. The van der Waals surface area contributed by atoms with Gasteiger partial charge in [0.2, 0.25) is 0 Å². The summed E-state index contributed by atoms with van der Waals surface area (Å²) in [7, 11) is 0. The molecule has 0 aliphatic carbocycles. The average molecular weight is 423 g/mol. The quantitative estimate of drug-likeness (QED) is 0.620. The van der Waals surface area contributed by atoms with Crippen molar-refractivity contribution < 1.29 is 19.3 Å². The molecule has 0 radical (unpaired) electrons. The molecule has 2 aromatic carbocycles. The number of aromatic nitrogens is 3. The van der Waals surface area contributed by atoms with Gasteiger partial charge in [0.05, 0.1) is 18.8 Å². The molecule has 31 heavy (non-hydrogen) atoms. The zero-order valence-corrected chi connectivity index (χ0v) is 16.5. The highest BCUT2D eigenvalue weighted by Crippen LogP contribution is 2.42. The fourth-order valence-corrected chi connectivity index (χ4v) is 4.63. The Morgan fingerprint density at radius 3 is 2.32 bits per heavy atom. The van der Waals surface area contributed by atoms with Crippen molar-refractivity contribution in [2.75, 3.05) is 6.61 Å². The summed E-state index contributed by atoms with van der Waals surface area (Å²) in [6, 6.07) is 17.6. The van der Waals surface area contributed by atoms with Crippen LogP contribution in [0.25, 0.3) is 5.69 Å². The molecule has 0 bridgehead atoms. The van der Waals surface area contributed by atoms with Crippen LogP contribution in [0.5, 0.6) is 0 Å². The molecule has 4 heterocycles. The van der Waals surface area contributed by atoms with Crippen LogP contribution in [0.3, 0.4) is 0 Å². The van der Waals surface area contributed by atoms with E-state index in [-0.39, 0.29) is 25.4 Å². The molecular weight excluding hydrogens is 402 g/mol. The van der Waals surface area contributed by atoms with Crippen LogP contribution >= 0.6 is 0 Å². The molecule has 0 spiro atoms. The molecule has 6 rings (SSSR count). The first kappa shape index (κ1) is 18.8.